The summed E-state index contributed by atoms with van der Waals surface area (Å²) in [6.45, 7) is 12.4. The van der Waals surface area contributed by atoms with Crippen molar-refractivity contribution in [1.82, 2.24) is 0 Å². The van der Waals surface area contributed by atoms with E-state index in [4.69, 9.17) is 9.47 Å². The lowest BCUT2D eigenvalue weighted by molar-refractivity contribution is -0.158. The van der Waals surface area contributed by atoms with Crippen molar-refractivity contribution >= 4 is 11.9 Å². The third-order valence-corrected chi connectivity index (χ3v) is 8.28. The van der Waals surface area contributed by atoms with Gasteiger partial charge < -0.3 is 9.47 Å². The van der Waals surface area contributed by atoms with Crippen LogP contribution in [-0.2, 0) is 19.1 Å². The van der Waals surface area contributed by atoms with Gasteiger partial charge in [0, 0.05) is 5.41 Å². The maximum absolute atomic E-state index is 11.6. The Bertz CT molecular complexity index is 569. The Labute approximate surface area is 158 Å². The summed E-state index contributed by atoms with van der Waals surface area (Å²) >= 11 is 0. The van der Waals surface area contributed by atoms with E-state index < -0.39 is 0 Å². The quantitative estimate of drug-likeness (QED) is 0.574. The molecule has 0 amide bonds. The molecule has 0 aromatic carbocycles. The van der Waals surface area contributed by atoms with Crippen LogP contribution in [-0.4, -0.2) is 23.6 Å². The molecule has 0 aromatic rings. The number of hydrogen-bond donors (Lipinski definition) is 0. The molecule has 6 fully saturated rings. The molecule has 0 aromatic heterocycles. The first-order valence-electron chi connectivity index (χ1n) is 10.6. The van der Waals surface area contributed by atoms with E-state index in [1.165, 1.54) is 6.42 Å². The lowest BCUT2D eigenvalue weighted by atomic mass is 9.67. The zero-order valence-corrected chi connectivity index (χ0v) is 17.4. The van der Waals surface area contributed by atoms with Crippen molar-refractivity contribution in [2.24, 2.45) is 28.6 Å². The highest BCUT2D eigenvalue weighted by Crippen LogP contribution is 2.65. The predicted molar refractivity (Wildman–Crippen MR) is 100 cm³/mol. The van der Waals surface area contributed by atoms with Crippen molar-refractivity contribution in [3.8, 4) is 0 Å². The summed E-state index contributed by atoms with van der Waals surface area (Å²) in [5.74, 6) is 1.98. The number of ether oxygens (including phenoxy) is 2. The summed E-state index contributed by atoms with van der Waals surface area (Å²) < 4.78 is 10.8. The highest BCUT2D eigenvalue weighted by molar-refractivity contribution is 5.82. The molecular formula is C22H36O4. The minimum atomic E-state index is -0.234. The van der Waals surface area contributed by atoms with Gasteiger partial charge in [-0.1, -0.05) is 27.7 Å². The number of fused-ring (bicyclic) bond motifs is 3. The summed E-state index contributed by atoms with van der Waals surface area (Å²) in [5, 5.41) is 0. The molecule has 3 aliphatic carbocycles. The van der Waals surface area contributed by atoms with Crippen LogP contribution in [0.5, 0.6) is 0 Å². The third-order valence-electron chi connectivity index (χ3n) is 8.28. The van der Waals surface area contributed by atoms with E-state index in [2.05, 4.69) is 20.8 Å². The number of hydrogen-bond acceptors (Lipinski definition) is 4. The zero-order chi connectivity index (χ0) is 19.3. The van der Waals surface area contributed by atoms with Crippen LogP contribution in [0.25, 0.3) is 0 Å². The number of carbonyl (C=O) groups is 2. The van der Waals surface area contributed by atoms with E-state index in [1.807, 2.05) is 20.8 Å². The fraction of sp³-hybridized carbons (Fsp3) is 0.909. The van der Waals surface area contributed by atoms with E-state index in [0.29, 0.717) is 0 Å². The Morgan fingerprint density at radius 3 is 1.81 bits per heavy atom. The summed E-state index contributed by atoms with van der Waals surface area (Å²) in [6.07, 6.45) is 8.19. The molecule has 0 spiro atoms. The molecule has 3 heterocycles. The van der Waals surface area contributed by atoms with Crippen molar-refractivity contribution in [2.75, 3.05) is 0 Å². The Morgan fingerprint density at radius 1 is 0.846 bits per heavy atom. The molecule has 3 saturated heterocycles. The summed E-state index contributed by atoms with van der Waals surface area (Å²) in [4.78, 5) is 23.0. The van der Waals surface area contributed by atoms with E-state index in [1.54, 1.807) is 0 Å². The van der Waals surface area contributed by atoms with Crippen molar-refractivity contribution in [2.45, 2.75) is 98.2 Å². The predicted octanol–water partition coefficient (Wildman–Crippen LogP) is 4.89. The second-order valence-electron chi connectivity index (χ2n) is 9.74. The van der Waals surface area contributed by atoms with Crippen molar-refractivity contribution in [1.29, 1.82) is 0 Å². The first-order chi connectivity index (χ1) is 12.1. The Kier molecular flexibility index (Phi) is 4.94. The van der Waals surface area contributed by atoms with Crippen LogP contribution in [0, 0.1) is 28.6 Å². The van der Waals surface area contributed by atoms with Gasteiger partial charge in [0.1, 0.15) is 11.7 Å². The van der Waals surface area contributed by atoms with E-state index in [-0.39, 0.29) is 40.4 Å². The minimum Gasteiger partial charge on any atom is -0.462 e. The van der Waals surface area contributed by atoms with Gasteiger partial charge in [-0.3, -0.25) is 9.59 Å². The third kappa shape index (κ3) is 2.79. The first-order valence-corrected chi connectivity index (χ1v) is 10.6. The largest absolute Gasteiger partial charge is 0.462 e. The lowest BCUT2D eigenvalue weighted by Gasteiger charge is -2.35. The van der Waals surface area contributed by atoms with Crippen LogP contribution in [0.15, 0.2) is 0 Å². The molecule has 4 nitrogen and oxygen atoms in total. The van der Waals surface area contributed by atoms with Gasteiger partial charge >= 0.3 is 11.9 Å². The van der Waals surface area contributed by atoms with Crippen LogP contribution in [0.2, 0.25) is 0 Å². The molecule has 26 heavy (non-hydrogen) atoms. The zero-order valence-electron chi connectivity index (χ0n) is 17.4. The van der Waals surface area contributed by atoms with Gasteiger partial charge in [0.15, 0.2) is 0 Å². The van der Waals surface area contributed by atoms with Gasteiger partial charge in [0.2, 0.25) is 0 Å². The molecule has 6 aliphatic rings. The van der Waals surface area contributed by atoms with Crippen LogP contribution < -0.4 is 0 Å². The van der Waals surface area contributed by atoms with Gasteiger partial charge in [-0.05, 0) is 70.6 Å². The molecule has 4 heteroatoms. The van der Waals surface area contributed by atoms with Crippen molar-refractivity contribution in [3.63, 3.8) is 0 Å². The smallest absolute Gasteiger partial charge is 0.313 e. The molecule has 3 aliphatic heterocycles. The van der Waals surface area contributed by atoms with Crippen LogP contribution in [0.3, 0.4) is 0 Å². The van der Waals surface area contributed by atoms with E-state index in [0.717, 1.165) is 50.4 Å². The van der Waals surface area contributed by atoms with Crippen molar-refractivity contribution in [3.05, 3.63) is 0 Å². The Balaban J connectivity index is 0.000000138. The maximum Gasteiger partial charge on any atom is 0.313 e. The van der Waals surface area contributed by atoms with Crippen LogP contribution in [0.1, 0.15) is 86.5 Å². The average Bonchev–Trinajstić information content (AvgIpc) is 2.73. The Hall–Kier alpha value is -1.06. The van der Waals surface area contributed by atoms with Gasteiger partial charge in [0.25, 0.3) is 0 Å². The summed E-state index contributed by atoms with van der Waals surface area (Å²) in [6, 6.07) is 0. The molecule has 3 saturated carbocycles. The molecular weight excluding hydrogens is 328 g/mol. The molecule has 148 valence electrons. The summed E-state index contributed by atoms with van der Waals surface area (Å²) in [5.41, 5.74) is -0.447. The minimum absolute atomic E-state index is 0.00116. The summed E-state index contributed by atoms with van der Waals surface area (Å²) in [7, 11) is 0. The van der Waals surface area contributed by atoms with Crippen molar-refractivity contribution < 1.29 is 19.1 Å². The standard InChI is InChI=1S/C10H14O2.C10H16O2.C2H6/c11-10-8-2-6-1-7(3-8)5-9(4-6)12-10;1-8(2)9(3)5-6-10(8,4)12-7(9)11;1-2/h6-9H,1-5H2;5-6H2,1-4H3;1-2H3. The van der Waals surface area contributed by atoms with Gasteiger partial charge in [-0.2, -0.15) is 0 Å². The molecule has 4 atom stereocenters. The first kappa shape index (κ1) is 19.7. The molecule has 6 rings (SSSR count). The average molecular weight is 365 g/mol. The van der Waals surface area contributed by atoms with Gasteiger partial charge in [-0.15, -0.1) is 0 Å². The fourth-order valence-corrected chi connectivity index (χ4v) is 5.89. The Morgan fingerprint density at radius 2 is 1.42 bits per heavy atom. The lowest BCUT2D eigenvalue weighted by Crippen LogP contribution is -2.38. The van der Waals surface area contributed by atoms with Gasteiger partial charge in [-0.25, -0.2) is 0 Å². The SMILES string of the molecule is CC.CC12CCC(C)(C(=O)O1)C2(C)C.O=C1OC2CC3CC(C2)CC1C3. The highest BCUT2D eigenvalue weighted by Gasteiger charge is 2.70. The second kappa shape index (κ2) is 6.53. The molecule has 0 radical (unpaired) electrons. The fourth-order valence-electron chi connectivity index (χ4n) is 5.89. The molecule has 6 bridgehead atoms. The monoisotopic (exact) mass is 364 g/mol. The van der Waals surface area contributed by atoms with E-state index in [9.17, 15) is 9.59 Å². The number of esters is 2. The molecule has 4 unspecified atom stereocenters. The maximum atomic E-state index is 11.6. The highest BCUT2D eigenvalue weighted by atomic mass is 16.6. The van der Waals surface area contributed by atoms with Crippen LogP contribution in [0.4, 0.5) is 0 Å². The van der Waals surface area contributed by atoms with E-state index >= 15 is 0 Å². The second-order valence-corrected chi connectivity index (χ2v) is 9.74. The number of rotatable bonds is 0. The number of carbonyl (C=O) groups excluding carboxylic acids is 2. The molecule has 0 N–H and O–H groups in total. The topological polar surface area (TPSA) is 52.6 Å². The van der Waals surface area contributed by atoms with Gasteiger partial charge in [0.05, 0.1) is 11.3 Å². The van der Waals surface area contributed by atoms with Crippen LogP contribution >= 0.6 is 0 Å². The normalized spacial score (nSPS) is 46.4.